The van der Waals surface area contributed by atoms with Crippen molar-refractivity contribution in [2.75, 3.05) is 13.1 Å². The van der Waals surface area contributed by atoms with Gasteiger partial charge in [-0.15, -0.1) is 0 Å². The summed E-state index contributed by atoms with van der Waals surface area (Å²) in [5.74, 6) is -1.82. The second kappa shape index (κ2) is 8.23. The summed E-state index contributed by atoms with van der Waals surface area (Å²) in [5, 5.41) is 10.2. The summed E-state index contributed by atoms with van der Waals surface area (Å²) >= 11 is 0. The number of hydrogen-bond donors (Lipinski definition) is 2. The molecule has 156 valence electrons. The number of carboxylic acid groups (broad SMARTS) is 1. The lowest BCUT2D eigenvalue weighted by molar-refractivity contribution is -0.123. The summed E-state index contributed by atoms with van der Waals surface area (Å²) in [4.78, 5) is 29.3. The minimum atomic E-state index is -1.08. The number of fused-ring (bicyclic) bond motifs is 1. The molecule has 3 N–H and O–H groups in total. The molecule has 3 heterocycles. The van der Waals surface area contributed by atoms with E-state index in [2.05, 4.69) is 9.88 Å². The Kier molecular flexibility index (Phi) is 5.50. The fraction of sp³-hybridized carbons (Fsp3) is 0.318. The Bertz CT molecular complexity index is 1090. The van der Waals surface area contributed by atoms with E-state index in [9.17, 15) is 19.1 Å². The van der Waals surface area contributed by atoms with Gasteiger partial charge < -0.3 is 15.4 Å². The minimum Gasteiger partial charge on any atom is -0.477 e. The van der Waals surface area contributed by atoms with Crippen LogP contribution in [0.4, 0.5) is 4.39 Å². The van der Waals surface area contributed by atoms with Gasteiger partial charge in [0.2, 0.25) is 5.91 Å². The molecule has 0 bridgehead atoms. The first-order valence-corrected chi connectivity index (χ1v) is 9.88. The maximum absolute atomic E-state index is 13.2. The molecule has 3 aromatic rings. The Morgan fingerprint density at radius 3 is 2.70 bits per heavy atom. The first kappa shape index (κ1) is 20.0. The predicted octanol–water partition coefficient (Wildman–Crippen LogP) is 2.62. The number of rotatable bonds is 6. The van der Waals surface area contributed by atoms with Crippen LogP contribution in [0.2, 0.25) is 0 Å². The second-order valence-electron chi connectivity index (χ2n) is 7.78. The van der Waals surface area contributed by atoms with Gasteiger partial charge in [-0.1, -0.05) is 12.1 Å². The standard InChI is InChI=1S/C22H23FN4O3/c23-17-5-3-14(4-6-17)10-27-13-16(12-26-7-1-2-15(11-26)21(24)28)18-8-19(22(29)30)25-9-20(18)27/h3-6,8-9,13,15H,1-2,7,10-12H2,(H2,24,28)(H,29,30)/t15-/m1/s1. The molecule has 1 aliphatic heterocycles. The number of carbonyl (C=O) groups excluding carboxylic acids is 1. The van der Waals surface area contributed by atoms with Gasteiger partial charge in [-0.25, -0.2) is 14.2 Å². The summed E-state index contributed by atoms with van der Waals surface area (Å²) in [7, 11) is 0. The molecule has 1 amide bonds. The molecule has 0 unspecified atom stereocenters. The van der Waals surface area contributed by atoms with Crippen LogP contribution in [0, 0.1) is 11.7 Å². The third kappa shape index (κ3) is 4.18. The van der Waals surface area contributed by atoms with E-state index in [1.165, 1.54) is 12.1 Å². The van der Waals surface area contributed by atoms with Crippen molar-refractivity contribution in [2.45, 2.75) is 25.9 Å². The van der Waals surface area contributed by atoms with Crippen LogP contribution in [0.15, 0.2) is 42.7 Å². The van der Waals surface area contributed by atoms with Gasteiger partial charge in [0.15, 0.2) is 0 Å². The highest BCUT2D eigenvalue weighted by atomic mass is 19.1. The van der Waals surface area contributed by atoms with E-state index in [-0.39, 0.29) is 23.3 Å². The average Bonchev–Trinajstić information content (AvgIpc) is 3.06. The maximum Gasteiger partial charge on any atom is 0.354 e. The SMILES string of the molecule is NC(=O)[C@@H]1CCCN(Cc2cn(Cc3ccc(F)cc3)c3cnc(C(=O)O)cc23)C1. The molecule has 0 aliphatic carbocycles. The molecular weight excluding hydrogens is 387 g/mol. The number of nitrogens with two attached hydrogens (primary N) is 1. The molecule has 0 radical (unpaired) electrons. The van der Waals surface area contributed by atoms with E-state index >= 15 is 0 Å². The lowest BCUT2D eigenvalue weighted by atomic mass is 9.97. The summed E-state index contributed by atoms with van der Waals surface area (Å²) in [6.45, 7) is 2.54. The van der Waals surface area contributed by atoms with E-state index < -0.39 is 5.97 Å². The Morgan fingerprint density at radius 1 is 1.23 bits per heavy atom. The number of carboxylic acids is 1. The average molecular weight is 410 g/mol. The van der Waals surface area contributed by atoms with E-state index in [1.807, 2.05) is 10.8 Å². The third-order valence-electron chi connectivity index (χ3n) is 5.64. The number of pyridine rings is 1. The Balaban J connectivity index is 1.68. The number of aromatic carboxylic acids is 1. The van der Waals surface area contributed by atoms with Crippen molar-refractivity contribution in [2.24, 2.45) is 11.7 Å². The molecule has 1 aliphatic rings. The highest BCUT2D eigenvalue weighted by molar-refractivity contribution is 5.92. The number of hydrogen-bond acceptors (Lipinski definition) is 4. The molecule has 7 nitrogen and oxygen atoms in total. The van der Waals surface area contributed by atoms with Gasteiger partial charge in [0, 0.05) is 31.2 Å². The number of piperidine rings is 1. The van der Waals surface area contributed by atoms with E-state index in [0.717, 1.165) is 41.4 Å². The molecule has 0 saturated carbocycles. The number of aromatic nitrogens is 2. The van der Waals surface area contributed by atoms with Crippen molar-refractivity contribution in [1.82, 2.24) is 14.5 Å². The van der Waals surface area contributed by atoms with Crippen LogP contribution < -0.4 is 5.73 Å². The Labute approximate surface area is 172 Å². The van der Waals surface area contributed by atoms with Crippen molar-refractivity contribution in [3.63, 3.8) is 0 Å². The van der Waals surface area contributed by atoms with E-state index in [4.69, 9.17) is 5.73 Å². The Hall–Kier alpha value is -3.26. The van der Waals surface area contributed by atoms with Gasteiger partial charge in [-0.05, 0) is 48.7 Å². The quantitative estimate of drug-likeness (QED) is 0.651. The number of carbonyl (C=O) groups is 2. The largest absolute Gasteiger partial charge is 0.477 e. The van der Waals surface area contributed by atoms with Crippen LogP contribution in [0.3, 0.4) is 0 Å². The first-order valence-electron chi connectivity index (χ1n) is 9.88. The van der Waals surface area contributed by atoms with Crippen LogP contribution >= 0.6 is 0 Å². The van der Waals surface area contributed by atoms with E-state index in [1.54, 1.807) is 24.4 Å². The van der Waals surface area contributed by atoms with Crippen molar-refractivity contribution >= 4 is 22.8 Å². The second-order valence-corrected chi connectivity index (χ2v) is 7.78. The molecule has 0 spiro atoms. The van der Waals surface area contributed by atoms with Gasteiger partial charge in [-0.3, -0.25) is 9.69 Å². The van der Waals surface area contributed by atoms with Crippen molar-refractivity contribution in [3.05, 3.63) is 65.4 Å². The van der Waals surface area contributed by atoms with Gasteiger partial charge >= 0.3 is 5.97 Å². The number of primary amides is 1. The molecule has 1 aromatic carbocycles. The maximum atomic E-state index is 13.2. The zero-order chi connectivity index (χ0) is 21.3. The lowest BCUT2D eigenvalue weighted by Crippen LogP contribution is -2.40. The lowest BCUT2D eigenvalue weighted by Gasteiger charge is -2.30. The third-order valence-corrected chi connectivity index (χ3v) is 5.64. The molecule has 1 saturated heterocycles. The van der Waals surface area contributed by atoms with E-state index in [0.29, 0.717) is 19.6 Å². The minimum absolute atomic E-state index is 0.0167. The van der Waals surface area contributed by atoms with Gasteiger partial charge in [0.1, 0.15) is 11.5 Å². The van der Waals surface area contributed by atoms with Crippen molar-refractivity contribution in [3.8, 4) is 0 Å². The number of likely N-dealkylation sites (tertiary alicyclic amines) is 1. The topological polar surface area (TPSA) is 101 Å². The smallest absolute Gasteiger partial charge is 0.354 e. The predicted molar refractivity (Wildman–Crippen MR) is 109 cm³/mol. The number of nitrogens with zero attached hydrogens (tertiary/aromatic N) is 3. The van der Waals surface area contributed by atoms with Gasteiger partial charge in [0.25, 0.3) is 0 Å². The molecule has 30 heavy (non-hydrogen) atoms. The van der Waals surface area contributed by atoms with Crippen molar-refractivity contribution < 1.29 is 19.1 Å². The highest BCUT2D eigenvalue weighted by Crippen LogP contribution is 2.26. The van der Waals surface area contributed by atoms with Crippen LogP contribution in [0.25, 0.3) is 10.9 Å². The molecule has 4 rings (SSSR count). The van der Waals surface area contributed by atoms with Crippen molar-refractivity contribution in [1.29, 1.82) is 0 Å². The van der Waals surface area contributed by atoms with Crippen LogP contribution in [0.1, 0.15) is 34.5 Å². The summed E-state index contributed by atoms with van der Waals surface area (Å²) in [6.07, 6.45) is 5.23. The van der Waals surface area contributed by atoms with Crippen LogP contribution in [-0.2, 0) is 17.9 Å². The summed E-state index contributed by atoms with van der Waals surface area (Å²) in [5.41, 5.74) is 8.17. The first-order chi connectivity index (χ1) is 14.4. The number of halogens is 1. The molecule has 8 heteroatoms. The fourth-order valence-corrected chi connectivity index (χ4v) is 4.09. The monoisotopic (exact) mass is 410 g/mol. The highest BCUT2D eigenvalue weighted by Gasteiger charge is 2.25. The number of amides is 1. The molecule has 1 fully saturated rings. The Morgan fingerprint density at radius 2 is 2.00 bits per heavy atom. The zero-order valence-corrected chi connectivity index (χ0v) is 16.4. The van der Waals surface area contributed by atoms with Crippen LogP contribution in [0.5, 0.6) is 0 Å². The fourth-order valence-electron chi connectivity index (χ4n) is 4.09. The molecular formula is C22H23FN4O3. The zero-order valence-electron chi connectivity index (χ0n) is 16.4. The van der Waals surface area contributed by atoms with Gasteiger partial charge in [0.05, 0.1) is 17.6 Å². The van der Waals surface area contributed by atoms with Gasteiger partial charge in [-0.2, -0.15) is 0 Å². The summed E-state index contributed by atoms with van der Waals surface area (Å²) < 4.78 is 15.2. The normalized spacial score (nSPS) is 17.3. The van der Waals surface area contributed by atoms with Crippen LogP contribution in [-0.4, -0.2) is 44.5 Å². The number of benzene rings is 1. The molecule has 2 aromatic heterocycles. The molecule has 1 atom stereocenters. The summed E-state index contributed by atoms with van der Waals surface area (Å²) in [6, 6.07) is 7.87.